The van der Waals surface area contributed by atoms with Crippen molar-refractivity contribution in [1.82, 2.24) is 0 Å². The van der Waals surface area contributed by atoms with E-state index in [-0.39, 0.29) is 0 Å². The lowest BCUT2D eigenvalue weighted by molar-refractivity contribution is 0.0574. The summed E-state index contributed by atoms with van der Waals surface area (Å²) in [7, 11) is 3.26. The molecule has 0 aliphatic carbocycles. The van der Waals surface area contributed by atoms with Crippen LogP contribution in [-0.4, -0.2) is 39.9 Å². The Labute approximate surface area is 130 Å². The number of rotatable bonds is 4. The third-order valence-corrected chi connectivity index (χ3v) is 3.95. The molecular formula is C15H21ClN2O3. The van der Waals surface area contributed by atoms with Crippen LogP contribution in [0, 0.1) is 5.92 Å². The van der Waals surface area contributed by atoms with Crippen molar-refractivity contribution in [2.75, 3.05) is 44.5 Å². The predicted octanol–water partition coefficient (Wildman–Crippen LogP) is 2.57. The highest BCUT2D eigenvalue weighted by Gasteiger charge is 2.22. The van der Waals surface area contributed by atoms with Crippen molar-refractivity contribution in [1.29, 1.82) is 0 Å². The van der Waals surface area contributed by atoms with Crippen molar-refractivity contribution in [3.63, 3.8) is 0 Å². The Hall–Kier alpha value is -1.46. The molecular weight excluding hydrogens is 292 g/mol. The Morgan fingerprint density at radius 2 is 2.33 bits per heavy atom. The van der Waals surface area contributed by atoms with Crippen LogP contribution in [0.1, 0.15) is 23.2 Å². The molecule has 1 saturated heterocycles. The van der Waals surface area contributed by atoms with E-state index in [9.17, 15) is 4.79 Å². The number of hydrogen-bond donors (Lipinski definition) is 1. The number of nitrogens with zero attached hydrogens (tertiary/aromatic N) is 1. The summed E-state index contributed by atoms with van der Waals surface area (Å²) < 4.78 is 10.3. The summed E-state index contributed by atoms with van der Waals surface area (Å²) in [5.41, 5.74) is 7.26. The topological polar surface area (TPSA) is 64.8 Å². The number of benzene rings is 1. The van der Waals surface area contributed by atoms with E-state index in [1.165, 1.54) is 7.11 Å². The normalized spacial score (nSPS) is 18.3. The van der Waals surface area contributed by atoms with Crippen LogP contribution in [0.4, 0.5) is 11.4 Å². The van der Waals surface area contributed by atoms with E-state index >= 15 is 0 Å². The second kappa shape index (κ2) is 7.00. The lowest BCUT2D eigenvalue weighted by Crippen LogP contribution is -2.32. The number of halogens is 1. The molecule has 6 heteroatoms. The zero-order valence-corrected chi connectivity index (χ0v) is 13.2. The van der Waals surface area contributed by atoms with E-state index in [4.69, 9.17) is 26.8 Å². The van der Waals surface area contributed by atoms with Crippen LogP contribution in [0.2, 0.25) is 5.02 Å². The number of hydrogen-bond acceptors (Lipinski definition) is 5. The SMILES string of the molecule is COC(=O)c1cc(N)cc(Cl)c1N(C)CC1CCCOC1. The summed E-state index contributed by atoms with van der Waals surface area (Å²) in [6, 6.07) is 3.25. The average molecular weight is 313 g/mol. The van der Waals surface area contributed by atoms with Crippen LogP contribution in [-0.2, 0) is 9.47 Å². The van der Waals surface area contributed by atoms with Crippen LogP contribution >= 0.6 is 11.6 Å². The van der Waals surface area contributed by atoms with Crippen molar-refractivity contribution >= 4 is 28.9 Å². The van der Waals surface area contributed by atoms with Crippen molar-refractivity contribution in [2.24, 2.45) is 5.92 Å². The van der Waals surface area contributed by atoms with E-state index in [2.05, 4.69) is 0 Å². The van der Waals surface area contributed by atoms with Crippen molar-refractivity contribution in [3.8, 4) is 0 Å². The molecule has 1 atom stereocenters. The van der Waals surface area contributed by atoms with Crippen LogP contribution < -0.4 is 10.6 Å². The fourth-order valence-electron chi connectivity index (χ4n) is 2.70. The van der Waals surface area contributed by atoms with Crippen molar-refractivity contribution in [2.45, 2.75) is 12.8 Å². The van der Waals surface area contributed by atoms with E-state index < -0.39 is 5.97 Å². The molecule has 2 N–H and O–H groups in total. The molecule has 0 spiro atoms. The van der Waals surface area contributed by atoms with Gasteiger partial charge in [0.05, 0.1) is 30.0 Å². The Morgan fingerprint density at radius 1 is 1.57 bits per heavy atom. The molecule has 5 nitrogen and oxygen atoms in total. The Kier molecular flexibility index (Phi) is 5.31. The number of carbonyl (C=O) groups excluding carboxylic acids is 1. The van der Waals surface area contributed by atoms with Gasteiger partial charge in [-0.25, -0.2) is 4.79 Å². The Balaban J connectivity index is 2.25. The van der Waals surface area contributed by atoms with Gasteiger partial charge in [0.2, 0.25) is 0 Å². The molecule has 1 fully saturated rings. The number of nitrogen functional groups attached to an aromatic ring is 1. The minimum atomic E-state index is -0.439. The molecule has 2 rings (SSSR count). The van der Waals surface area contributed by atoms with Gasteiger partial charge < -0.3 is 20.1 Å². The fourth-order valence-corrected chi connectivity index (χ4v) is 3.08. The fraction of sp³-hybridized carbons (Fsp3) is 0.533. The van der Waals surface area contributed by atoms with Crippen LogP contribution in [0.15, 0.2) is 12.1 Å². The van der Waals surface area contributed by atoms with E-state index in [1.807, 2.05) is 11.9 Å². The van der Waals surface area contributed by atoms with Gasteiger partial charge in [-0.1, -0.05) is 11.6 Å². The van der Waals surface area contributed by atoms with Gasteiger partial charge in [-0.05, 0) is 30.9 Å². The van der Waals surface area contributed by atoms with Crippen LogP contribution in [0.3, 0.4) is 0 Å². The first-order valence-electron chi connectivity index (χ1n) is 6.99. The number of anilines is 2. The van der Waals surface area contributed by atoms with Gasteiger partial charge in [-0.15, -0.1) is 0 Å². The number of carbonyl (C=O) groups is 1. The highest BCUT2D eigenvalue weighted by molar-refractivity contribution is 6.34. The monoisotopic (exact) mass is 312 g/mol. The summed E-state index contributed by atoms with van der Waals surface area (Å²) in [5.74, 6) is -0.00573. The molecule has 1 aromatic rings. The lowest BCUT2D eigenvalue weighted by Gasteiger charge is -2.30. The predicted molar refractivity (Wildman–Crippen MR) is 84.0 cm³/mol. The maximum atomic E-state index is 11.9. The standard InChI is InChI=1S/C15H21ClN2O3/c1-18(8-10-4-3-5-21-9-10)14-12(15(19)20-2)6-11(17)7-13(14)16/h6-7,10H,3-5,8-9,17H2,1-2H3. The number of nitrogens with two attached hydrogens (primary N) is 1. The zero-order valence-electron chi connectivity index (χ0n) is 12.4. The molecule has 0 radical (unpaired) electrons. The van der Waals surface area contributed by atoms with Gasteiger partial charge in [0.15, 0.2) is 0 Å². The first kappa shape index (κ1) is 15.9. The number of methoxy groups -OCH3 is 1. The van der Waals surface area contributed by atoms with E-state index in [0.29, 0.717) is 27.9 Å². The smallest absolute Gasteiger partial charge is 0.340 e. The maximum absolute atomic E-state index is 11.9. The Bertz CT molecular complexity index is 516. The summed E-state index contributed by atoms with van der Waals surface area (Å²) >= 11 is 6.29. The minimum absolute atomic E-state index is 0.390. The van der Waals surface area contributed by atoms with E-state index in [0.717, 1.165) is 32.6 Å². The molecule has 1 aliphatic heterocycles. The molecule has 0 bridgehead atoms. The molecule has 21 heavy (non-hydrogen) atoms. The second-order valence-corrected chi connectivity index (χ2v) is 5.76. The molecule has 1 aromatic carbocycles. The van der Waals surface area contributed by atoms with Gasteiger partial charge in [0, 0.05) is 25.9 Å². The maximum Gasteiger partial charge on any atom is 0.340 e. The molecule has 0 saturated carbocycles. The third kappa shape index (κ3) is 3.80. The molecule has 0 aromatic heterocycles. The first-order chi connectivity index (χ1) is 10.0. The summed E-state index contributed by atoms with van der Waals surface area (Å²) in [4.78, 5) is 13.9. The van der Waals surface area contributed by atoms with Crippen LogP contribution in [0.5, 0.6) is 0 Å². The highest BCUT2D eigenvalue weighted by Crippen LogP contribution is 2.33. The number of ether oxygens (including phenoxy) is 2. The molecule has 1 unspecified atom stereocenters. The van der Waals surface area contributed by atoms with Crippen molar-refractivity contribution in [3.05, 3.63) is 22.7 Å². The zero-order chi connectivity index (χ0) is 15.4. The van der Waals surface area contributed by atoms with Crippen molar-refractivity contribution < 1.29 is 14.3 Å². The second-order valence-electron chi connectivity index (χ2n) is 5.35. The van der Waals surface area contributed by atoms with Gasteiger partial charge >= 0.3 is 5.97 Å². The van der Waals surface area contributed by atoms with Gasteiger partial charge in [0.1, 0.15) is 0 Å². The van der Waals surface area contributed by atoms with Crippen LogP contribution in [0.25, 0.3) is 0 Å². The summed E-state index contributed by atoms with van der Waals surface area (Å²) in [5, 5.41) is 0.453. The average Bonchev–Trinajstić information content (AvgIpc) is 2.46. The Morgan fingerprint density at radius 3 is 2.95 bits per heavy atom. The minimum Gasteiger partial charge on any atom is -0.465 e. The molecule has 0 amide bonds. The first-order valence-corrected chi connectivity index (χ1v) is 7.37. The highest BCUT2D eigenvalue weighted by atomic mass is 35.5. The lowest BCUT2D eigenvalue weighted by atomic mass is 10.0. The quantitative estimate of drug-likeness (QED) is 0.684. The molecule has 1 aliphatic rings. The largest absolute Gasteiger partial charge is 0.465 e. The van der Waals surface area contributed by atoms with E-state index in [1.54, 1.807) is 12.1 Å². The number of esters is 1. The summed E-state index contributed by atoms with van der Waals surface area (Å²) in [6.07, 6.45) is 2.18. The van der Waals surface area contributed by atoms with Gasteiger partial charge in [0.25, 0.3) is 0 Å². The summed E-state index contributed by atoms with van der Waals surface area (Å²) in [6.45, 7) is 2.34. The molecule has 1 heterocycles. The third-order valence-electron chi connectivity index (χ3n) is 3.66. The van der Waals surface area contributed by atoms with Gasteiger partial charge in [-0.2, -0.15) is 0 Å². The molecule has 116 valence electrons. The van der Waals surface area contributed by atoms with Gasteiger partial charge in [-0.3, -0.25) is 0 Å².